The van der Waals surface area contributed by atoms with Crippen LogP contribution in [-0.4, -0.2) is 51.3 Å². The van der Waals surface area contributed by atoms with Crippen LogP contribution in [0.2, 0.25) is 0 Å². The van der Waals surface area contributed by atoms with Gasteiger partial charge in [-0.05, 0) is 37.0 Å². The Labute approximate surface area is 184 Å². The van der Waals surface area contributed by atoms with Gasteiger partial charge in [-0.1, -0.05) is 88.4 Å². The second kappa shape index (κ2) is 24.3. The number of azo groups is 1. The molecule has 0 aliphatic carbocycles. The molecule has 0 spiro atoms. The lowest BCUT2D eigenvalue weighted by Crippen LogP contribution is -2.02. The first-order valence-electron chi connectivity index (χ1n) is 9.93. The Morgan fingerprint density at radius 3 is 1.30 bits per heavy atom. The molecule has 0 unspecified atom stereocenters. The molecule has 0 amide bonds. The summed E-state index contributed by atoms with van der Waals surface area (Å²) in [7, 11) is 11.1. The van der Waals surface area contributed by atoms with Crippen molar-refractivity contribution in [2.24, 2.45) is 10.2 Å². The van der Waals surface area contributed by atoms with Crippen molar-refractivity contribution in [3.8, 4) is 5.75 Å². The summed E-state index contributed by atoms with van der Waals surface area (Å²) in [6.45, 7) is 8.00. The Kier molecular flexibility index (Phi) is 26.0. The maximum atomic E-state index is 9.09. The molecule has 0 atom stereocenters. The molecule has 6 heteroatoms. The summed E-state index contributed by atoms with van der Waals surface area (Å²) in [5.74, 6) is 0.160. The van der Waals surface area contributed by atoms with E-state index in [1.165, 1.54) is 15.6 Å². The quantitative estimate of drug-likeness (QED) is 0.368. The third kappa shape index (κ3) is 17.4. The lowest BCUT2D eigenvalue weighted by Gasteiger charge is -1.92. The van der Waals surface area contributed by atoms with E-state index in [2.05, 4.69) is 58.8 Å². The van der Waals surface area contributed by atoms with Crippen LogP contribution in [0.1, 0.15) is 27.7 Å². The van der Waals surface area contributed by atoms with Gasteiger partial charge in [0.25, 0.3) is 0 Å². The average molecular weight is 411 g/mol. The van der Waals surface area contributed by atoms with Crippen LogP contribution in [0.3, 0.4) is 0 Å². The van der Waals surface area contributed by atoms with Gasteiger partial charge in [-0.2, -0.15) is 10.2 Å². The topological polar surface area (TPSA) is 68.4 Å². The minimum Gasteiger partial charge on any atom is -0.506 e. The second-order valence-electron chi connectivity index (χ2n) is 5.10. The molecule has 3 aromatic rings. The Bertz CT molecular complexity index is 698. The number of aliphatic hydroxyl groups excluding tert-OH is 1. The smallest absolute Gasteiger partial charge is 0.181 e. The van der Waals surface area contributed by atoms with Gasteiger partial charge in [0.1, 0.15) is 11.4 Å². The van der Waals surface area contributed by atoms with E-state index >= 15 is 0 Å². The van der Waals surface area contributed by atoms with Crippen LogP contribution in [0.5, 0.6) is 5.75 Å². The van der Waals surface area contributed by atoms with Crippen molar-refractivity contribution in [2.45, 2.75) is 27.7 Å². The number of hydrogen-bond acceptors (Lipinski definition) is 5. The van der Waals surface area contributed by atoms with Crippen molar-refractivity contribution in [3.05, 3.63) is 72.8 Å². The number of hydrogen-bond donors (Lipinski definition) is 2. The Balaban J connectivity index is -0.000000344. The molecular weight excluding hydrogens is 373 g/mol. The van der Waals surface area contributed by atoms with Gasteiger partial charge in [-0.15, -0.1) is 0 Å². The van der Waals surface area contributed by atoms with Crippen LogP contribution in [0, 0.1) is 0 Å². The van der Waals surface area contributed by atoms with Crippen molar-refractivity contribution in [1.29, 1.82) is 0 Å². The van der Waals surface area contributed by atoms with Crippen LogP contribution in [0.15, 0.2) is 83.0 Å². The summed E-state index contributed by atoms with van der Waals surface area (Å²) < 4.78 is 0. The predicted octanol–water partition coefficient (Wildman–Crippen LogP) is 6.24. The lowest BCUT2D eigenvalue weighted by molar-refractivity contribution is 0.399. The van der Waals surface area contributed by atoms with E-state index in [0.29, 0.717) is 5.69 Å². The molecule has 164 valence electrons. The van der Waals surface area contributed by atoms with E-state index in [4.69, 9.17) is 18.2 Å². The number of rotatable bonds is 1. The lowest BCUT2D eigenvalue weighted by atomic mass is 10.1. The molecule has 5 nitrogen and oxygen atoms in total. The predicted molar refractivity (Wildman–Crippen MR) is 133 cm³/mol. The number of aliphatic hydroxyl groups is 1. The van der Waals surface area contributed by atoms with Crippen molar-refractivity contribution in [1.82, 2.24) is 4.81 Å². The normalized spacial score (nSPS) is 8.60. The highest BCUT2D eigenvalue weighted by Gasteiger charge is 1.93. The van der Waals surface area contributed by atoms with Gasteiger partial charge in [0, 0.05) is 14.2 Å². The number of phenols is 1. The van der Waals surface area contributed by atoms with E-state index in [9.17, 15) is 0 Å². The molecule has 0 aliphatic rings. The largest absolute Gasteiger partial charge is 0.506 e. The number of aromatic hydroxyl groups is 1. The van der Waals surface area contributed by atoms with Crippen LogP contribution < -0.4 is 0 Å². The summed E-state index contributed by atoms with van der Waals surface area (Å²) >= 11 is 0. The number of nitrogens with zero attached hydrogens (tertiary/aromatic N) is 3. The fraction of sp³-hybridized carbons (Fsp3) is 0.333. The molecule has 30 heavy (non-hydrogen) atoms. The Morgan fingerprint density at radius 1 is 0.700 bits per heavy atom. The Hall–Kier alpha value is -2.70. The third-order valence-corrected chi connectivity index (χ3v) is 2.75. The first kappa shape index (κ1) is 32.0. The summed E-state index contributed by atoms with van der Waals surface area (Å²) in [5, 5.41) is 25.9. The van der Waals surface area contributed by atoms with Gasteiger partial charge in [0.15, 0.2) is 7.98 Å². The van der Waals surface area contributed by atoms with Crippen molar-refractivity contribution in [3.63, 3.8) is 0 Å². The van der Waals surface area contributed by atoms with Crippen LogP contribution in [0.4, 0.5) is 5.69 Å². The van der Waals surface area contributed by atoms with Crippen LogP contribution >= 0.6 is 0 Å². The monoisotopic (exact) mass is 411 g/mol. The first-order chi connectivity index (χ1) is 14.5. The van der Waals surface area contributed by atoms with Gasteiger partial charge in [0.05, 0.1) is 0 Å². The molecular formula is C24H38BN3O2. The highest BCUT2D eigenvalue weighted by Crippen LogP contribution is 2.24. The van der Waals surface area contributed by atoms with Crippen molar-refractivity contribution < 1.29 is 10.2 Å². The van der Waals surface area contributed by atoms with Crippen LogP contribution in [0.25, 0.3) is 10.8 Å². The number of para-hydroxylation sites is 1. The third-order valence-electron chi connectivity index (χ3n) is 2.75. The fourth-order valence-electron chi connectivity index (χ4n) is 1.79. The average Bonchev–Trinajstić information content (AvgIpc) is 2.80. The summed E-state index contributed by atoms with van der Waals surface area (Å²) in [4.78, 5) is 1.50. The maximum Gasteiger partial charge on any atom is 0.181 e. The minimum absolute atomic E-state index is 0.160. The molecule has 0 saturated carbocycles. The SMILES string of the molecule is CC.CC.CN=Nc1ccccc1O.CO.[B]N(C)C.c1ccc2ccccc2c1. The van der Waals surface area contributed by atoms with Gasteiger partial charge >= 0.3 is 0 Å². The molecule has 3 aromatic carbocycles. The molecule has 2 radical (unpaired) electrons. The highest BCUT2D eigenvalue weighted by atomic mass is 16.3. The molecule has 0 aromatic heterocycles. The van der Waals surface area contributed by atoms with Crippen molar-refractivity contribution >= 4 is 24.4 Å². The summed E-state index contributed by atoms with van der Waals surface area (Å²) in [5.41, 5.74) is 0.505. The maximum absolute atomic E-state index is 9.09. The first-order valence-corrected chi connectivity index (χ1v) is 9.93. The minimum atomic E-state index is 0.160. The van der Waals surface area contributed by atoms with Crippen molar-refractivity contribution in [2.75, 3.05) is 28.3 Å². The number of phenolic OH excluding ortho intramolecular Hbond substituents is 1. The van der Waals surface area contributed by atoms with Gasteiger partial charge in [-0.25, -0.2) is 0 Å². The van der Waals surface area contributed by atoms with Crippen LogP contribution in [-0.2, 0) is 0 Å². The fourth-order valence-corrected chi connectivity index (χ4v) is 1.79. The number of fused-ring (bicyclic) bond motifs is 1. The number of benzene rings is 3. The summed E-state index contributed by atoms with van der Waals surface area (Å²) in [6, 6.07) is 23.5. The molecule has 3 rings (SSSR count). The summed E-state index contributed by atoms with van der Waals surface area (Å²) in [6.07, 6.45) is 0. The van der Waals surface area contributed by atoms with E-state index in [-0.39, 0.29) is 5.75 Å². The molecule has 0 aliphatic heterocycles. The van der Waals surface area contributed by atoms with Gasteiger partial charge in [-0.3, -0.25) is 0 Å². The van der Waals surface area contributed by atoms with E-state index in [1.54, 1.807) is 45.4 Å². The molecule has 0 fully saturated rings. The molecule has 0 heterocycles. The zero-order valence-electron chi connectivity index (χ0n) is 19.7. The second-order valence-corrected chi connectivity index (χ2v) is 5.10. The van der Waals surface area contributed by atoms with Gasteiger partial charge < -0.3 is 15.0 Å². The Morgan fingerprint density at radius 2 is 1.00 bits per heavy atom. The molecule has 2 N–H and O–H groups in total. The van der Waals surface area contributed by atoms with Gasteiger partial charge in [0.2, 0.25) is 0 Å². The van der Waals surface area contributed by atoms with E-state index in [1.807, 2.05) is 27.7 Å². The molecule has 0 bridgehead atoms. The highest BCUT2D eigenvalue weighted by molar-refractivity contribution is 6.03. The van der Waals surface area contributed by atoms with E-state index < -0.39 is 0 Å². The molecule has 0 saturated heterocycles. The van der Waals surface area contributed by atoms with E-state index in [0.717, 1.165) is 7.11 Å². The standard InChI is InChI=1S/C10H8.C7H8N2O.C2H6BN.2C2H6.CH4O/c1-2-6-10-8-4-3-7-9(10)5-1;1-8-9-6-4-2-3-5-7(6)10;1-4(2)3;3*1-2/h1-8H;2-5,10H,1H3;1-2H3;2*1-2H3;2H,1H3. The zero-order valence-corrected chi connectivity index (χ0v) is 19.7. The zero-order chi connectivity index (χ0) is 23.8.